The first-order valence-corrected chi connectivity index (χ1v) is 9.56. The van der Waals surface area contributed by atoms with Crippen molar-refractivity contribution in [2.45, 2.75) is 30.7 Å². The standard InChI is InChI=1S/C16H21N3OS2/c1-11(20)18(2)12-7-9-19(10-8-12)16-17-15-13(21-3)5-4-6-14(15)22-16/h4-6,12H,7-10H2,1-3H3. The molecule has 2 heterocycles. The molecule has 0 radical (unpaired) electrons. The number of hydrogen-bond donors (Lipinski definition) is 0. The Labute approximate surface area is 139 Å². The first-order valence-electron chi connectivity index (χ1n) is 7.52. The fourth-order valence-electron chi connectivity index (χ4n) is 2.91. The van der Waals surface area contributed by atoms with Crippen LogP contribution in [-0.4, -0.2) is 48.2 Å². The van der Waals surface area contributed by atoms with Gasteiger partial charge in [0.2, 0.25) is 5.91 Å². The maximum atomic E-state index is 11.5. The Kier molecular flexibility index (Phi) is 4.59. The van der Waals surface area contributed by atoms with Crippen molar-refractivity contribution >= 4 is 44.4 Å². The average molecular weight is 335 g/mol. The number of piperidine rings is 1. The maximum Gasteiger partial charge on any atom is 0.219 e. The first-order chi connectivity index (χ1) is 10.6. The summed E-state index contributed by atoms with van der Waals surface area (Å²) in [5, 5.41) is 1.11. The van der Waals surface area contributed by atoms with E-state index in [1.807, 2.05) is 11.9 Å². The van der Waals surface area contributed by atoms with Gasteiger partial charge in [-0.1, -0.05) is 17.4 Å². The van der Waals surface area contributed by atoms with Gasteiger partial charge in [-0.3, -0.25) is 4.79 Å². The number of rotatable bonds is 3. The van der Waals surface area contributed by atoms with Crippen LogP contribution in [0.3, 0.4) is 0 Å². The second-order valence-corrected chi connectivity index (χ2v) is 7.51. The predicted molar refractivity (Wildman–Crippen MR) is 95.1 cm³/mol. The summed E-state index contributed by atoms with van der Waals surface area (Å²) in [5.41, 5.74) is 1.12. The van der Waals surface area contributed by atoms with Crippen LogP contribution in [0.15, 0.2) is 23.1 Å². The summed E-state index contributed by atoms with van der Waals surface area (Å²) in [6, 6.07) is 6.74. The lowest BCUT2D eigenvalue weighted by Crippen LogP contribution is -2.45. The van der Waals surface area contributed by atoms with E-state index in [2.05, 4.69) is 29.4 Å². The Morgan fingerprint density at radius 1 is 1.41 bits per heavy atom. The number of carbonyl (C=O) groups excluding carboxylic acids is 1. The molecule has 0 bridgehead atoms. The van der Waals surface area contributed by atoms with Crippen molar-refractivity contribution in [1.82, 2.24) is 9.88 Å². The smallest absolute Gasteiger partial charge is 0.219 e. The third-order valence-corrected chi connectivity index (χ3v) is 6.22. The maximum absolute atomic E-state index is 11.5. The Hall–Kier alpha value is -1.27. The van der Waals surface area contributed by atoms with Crippen LogP contribution < -0.4 is 4.90 Å². The number of para-hydroxylation sites is 1. The largest absolute Gasteiger partial charge is 0.348 e. The number of amides is 1. The quantitative estimate of drug-likeness (QED) is 0.805. The van der Waals surface area contributed by atoms with E-state index < -0.39 is 0 Å². The number of hydrogen-bond acceptors (Lipinski definition) is 5. The zero-order chi connectivity index (χ0) is 15.7. The van der Waals surface area contributed by atoms with Gasteiger partial charge >= 0.3 is 0 Å². The van der Waals surface area contributed by atoms with E-state index in [4.69, 9.17) is 4.98 Å². The molecular weight excluding hydrogens is 314 g/mol. The molecule has 0 atom stereocenters. The van der Waals surface area contributed by atoms with E-state index in [0.29, 0.717) is 6.04 Å². The minimum absolute atomic E-state index is 0.156. The lowest BCUT2D eigenvalue weighted by molar-refractivity contribution is -0.129. The zero-order valence-electron chi connectivity index (χ0n) is 13.2. The van der Waals surface area contributed by atoms with Gasteiger partial charge in [0.05, 0.1) is 10.2 Å². The van der Waals surface area contributed by atoms with E-state index in [1.165, 1.54) is 9.60 Å². The molecule has 1 aromatic carbocycles. The SMILES string of the molecule is CSc1cccc2sc(N3CCC(N(C)C(C)=O)CC3)nc12. The molecule has 3 rings (SSSR count). The minimum atomic E-state index is 0.156. The molecule has 118 valence electrons. The van der Waals surface area contributed by atoms with Crippen LogP contribution in [-0.2, 0) is 4.79 Å². The van der Waals surface area contributed by atoms with E-state index in [0.717, 1.165) is 36.6 Å². The molecule has 6 heteroatoms. The van der Waals surface area contributed by atoms with E-state index in [9.17, 15) is 4.79 Å². The number of anilines is 1. The number of thioether (sulfide) groups is 1. The number of fused-ring (bicyclic) bond motifs is 1. The van der Waals surface area contributed by atoms with Gasteiger partial charge in [-0.15, -0.1) is 11.8 Å². The van der Waals surface area contributed by atoms with Crippen molar-refractivity contribution in [1.29, 1.82) is 0 Å². The van der Waals surface area contributed by atoms with Gasteiger partial charge in [0, 0.05) is 38.0 Å². The highest BCUT2D eigenvalue weighted by Gasteiger charge is 2.25. The fourth-order valence-corrected chi connectivity index (χ4v) is 4.59. The third-order valence-electron chi connectivity index (χ3n) is 4.37. The molecule has 0 saturated carbocycles. The highest BCUT2D eigenvalue weighted by Crippen LogP contribution is 2.35. The number of benzene rings is 1. The van der Waals surface area contributed by atoms with Crippen LogP contribution >= 0.6 is 23.1 Å². The molecule has 1 aliphatic heterocycles. The summed E-state index contributed by atoms with van der Waals surface area (Å²) in [6.45, 7) is 3.58. The van der Waals surface area contributed by atoms with Crippen LogP contribution in [0.25, 0.3) is 10.2 Å². The molecule has 2 aromatic rings. The van der Waals surface area contributed by atoms with Crippen molar-refractivity contribution in [2.24, 2.45) is 0 Å². The molecule has 0 aliphatic carbocycles. The minimum Gasteiger partial charge on any atom is -0.348 e. The van der Waals surface area contributed by atoms with Crippen molar-refractivity contribution in [3.63, 3.8) is 0 Å². The van der Waals surface area contributed by atoms with Gasteiger partial charge in [-0.25, -0.2) is 4.98 Å². The topological polar surface area (TPSA) is 36.4 Å². The van der Waals surface area contributed by atoms with Crippen molar-refractivity contribution < 1.29 is 4.79 Å². The second kappa shape index (κ2) is 6.46. The van der Waals surface area contributed by atoms with Gasteiger partial charge < -0.3 is 9.80 Å². The number of aromatic nitrogens is 1. The molecule has 1 aromatic heterocycles. The van der Waals surface area contributed by atoms with E-state index in [1.54, 1.807) is 30.0 Å². The lowest BCUT2D eigenvalue weighted by atomic mass is 10.0. The lowest BCUT2D eigenvalue weighted by Gasteiger charge is -2.36. The van der Waals surface area contributed by atoms with Crippen molar-refractivity contribution in [3.05, 3.63) is 18.2 Å². The summed E-state index contributed by atoms with van der Waals surface area (Å²) < 4.78 is 1.25. The summed E-state index contributed by atoms with van der Waals surface area (Å²) in [6.07, 6.45) is 4.12. The van der Waals surface area contributed by atoms with E-state index in [-0.39, 0.29) is 5.91 Å². The summed E-state index contributed by atoms with van der Waals surface area (Å²) in [4.78, 5) is 21.8. The zero-order valence-corrected chi connectivity index (χ0v) is 14.8. The van der Waals surface area contributed by atoms with Crippen molar-refractivity contribution in [2.75, 3.05) is 31.3 Å². The van der Waals surface area contributed by atoms with Gasteiger partial charge in [0.25, 0.3) is 0 Å². The monoisotopic (exact) mass is 335 g/mol. The van der Waals surface area contributed by atoms with Crippen molar-refractivity contribution in [3.8, 4) is 0 Å². The molecule has 1 saturated heterocycles. The molecule has 0 N–H and O–H groups in total. The number of thiazole rings is 1. The Morgan fingerprint density at radius 2 is 2.14 bits per heavy atom. The predicted octanol–water partition coefficient (Wildman–Crippen LogP) is 3.47. The molecule has 22 heavy (non-hydrogen) atoms. The van der Waals surface area contributed by atoms with Gasteiger partial charge in [0.1, 0.15) is 0 Å². The van der Waals surface area contributed by atoms with Crippen LogP contribution in [0.4, 0.5) is 5.13 Å². The van der Waals surface area contributed by atoms with Crippen LogP contribution in [0.2, 0.25) is 0 Å². The molecule has 1 fully saturated rings. The molecular formula is C16H21N3OS2. The molecule has 4 nitrogen and oxygen atoms in total. The number of nitrogens with zero attached hydrogens (tertiary/aromatic N) is 3. The van der Waals surface area contributed by atoms with Gasteiger partial charge in [0.15, 0.2) is 5.13 Å². The summed E-state index contributed by atoms with van der Waals surface area (Å²) in [5.74, 6) is 0.156. The van der Waals surface area contributed by atoms with Gasteiger partial charge in [-0.2, -0.15) is 0 Å². The van der Waals surface area contributed by atoms with Crippen LogP contribution in [0, 0.1) is 0 Å². The fraction of sp³-hybridized carbons (Fsp3) is 0.500. The van der Waals surface area contributed by atoms with Gasteiger partial charge in [-0.05, 0) is 31.2 Å². The highest BCUT2D eigenvalue weighted by molar-refractivity contribution is 7.98. The summed E-state index contributed by atoms with van der Waals surface area (Å²) >= 11 is 3.52. The highest BCUT2D eigenvalue weighted by atomic mass is 32.2. The first kappa shape index (κ1) is 15.6. The second-order valence-electron chi connectivity index (χ2n) is 5.65. The third kappa shape index (κ3) is 2.94. The molecule has 0 spiro atoms. The average Bonchev–Trinajstić information content (AvgIpc) is 2.98. The number of carbonyl (C=O) groups is 1. The molecule has 1 aliphatic rings. The Bertz CT molecular complexity index is 677. The van der Waals surface area contributed by atoms with Crippen LogP contribution in [0.1, 0.15) is 19.8 Å². The molecule has 1 amide bonds. The Balaban J connectivity index is 1.75. The van der Waals surface area contributed by atoms with Crippen LogP contribution in [0.5, 0.6) is 0 Å². The summed E-state index contributed by atoms with van der Waals surface area (Å²) in [7, 11) is 1.91. The molecule has 0 unspecified atom stereocenters. The van der Waals surface area contributed by atoms with E-state index >= 15 is 0 Å². The normalized spacial score (nSPS) is 16.2. The Morgan fingerprint density at radius 3 is 2.77 bits per heavy atom.